The van der Waals surface area contributed by atoms with Gasteiger partial charge in [0.1, 0.15) is 5.75 Å². The van der Waals surface area contributed by atoms with Crippen molar-refractivity contribution in [2.24, 2.45) is 5.41 Å². The number of aliphatic hydroxyl groups is 1. The van der Waals surface area contributed by atoms with Gasteiger partial charge in [-0.25, -0.2) is 0 Å². The number of nitrogens with one attached hydrogen (secondary N) is 1. The Morgan fingerprint density at radius 2 is 1.87 bits per heavy atom. The van der Waals surface area contributed by atoms with Gasteiger partial charge in [-0.1, -0.05) is 13.8 Å². The molecule has 0 spiro atoms. The van der Waals surface area contributed by atoms with Crippen molar-refractivity contribution in [2.45, 2.75) is 32.4 Å². The third-order valence-corrected chi connectivity index (χ3v) is 3.42. The van der Waals surface area contributed by atoms with Crippen LogP contribution in [0.4, 0.5) is 5.69 Å². The zero-order valence-electron chi connectivity index (χ0n) is 9.07. The molecule has 3 heteroatoms. The molecule has 0 aliphatic heterocycles. The highest BCUT2D eigenvalue weighted by atomic mass is 16.3. The van der Waals surface area contributed by atoms with Gasteiger partial charge >= 0.3 is 0 Å². The second kappa shape index (κ2) is 3.42. The van der Waals surface area contributed by atoms with Crippen molar-refractivity contribution in [3.63, 3.8) is 0 Å². The van der Waals surface area contributed by atoms with Gasteiger partial charge < -0.3 is 15.5 Å². The molecule has 3 N–H and O–H groups in total. The molecular weight excluding hydrogens is 190 g/mol. The molecule has 3 nitrogen and oxygen atoms in total. The molecule has 0 radical (unpaired) electrons. The first-order chi connectivity index (χ1) is 7.00. The van der Waals surface area contributed by atoms with E-state index in [9.17, 15) is 5.11 Å². The van der Waals surface area contributed by atoms with Crippen LogP contribution in [0.5, 0.6) is 5.75 Å². The maximum atomic E-state index is 9.59. The Hall–Kier alpha value is -1.22. The first-order valence-electron chi connectivity index (χ1n) is 5.24. The van der Waals surface area contributed by atoms with E-state index in [0.717, 1.165) is 12.1 Å². The number of benzene rings is 1. The summed E-state index contributed by atoms with van der Waals surface area (Å²) in [7, 11) is 0. The largest absolute Gasteiger partial charge is 0.508 e. The maximum absolute atomic E-state index is 9.59. The van der Waals surface area contributed by atoms with Crippen LogP contribution in [-0.4, -0.2) is 22.4 Å². The molecule has 82 valence electrons. The Kier molecular flexibility index (Phi) is 2.35. The summed E-state index contributed by atoms with van der Waals surface area (Å²) in [6, 6.07) is 7.30. The lowest BCUT2D eigenvalue weighted by Gasteiger charge is -2.49. The molecule has 1 aromatic rings. The lowest BCUT2D eigenvalue weighted by molar-refractivity contribution is -0.0510. The van der Waals surface area contributed by atoms with Crippen LogP contribution in [0.15, 0.2) is 24.3 Å². The van der Waals surface area contributed by atoms with Crippen molar-refractivity contribution in [1.82, 2.24) is 0 Å². The Balaban J connectivity index is 2.02. The first-order valence-corrected chi connectivity index (χ1v) is 5.24. The summed E-state index contributed by atoms with van der Waals surface area (Å²) in [6.45, 7) is 4.11. The highest BCUT2D eigenvalue weighted by Crippen LogP contribution is 2.42. The molecule has 1 aromatic carbocycles. The Labute approximate surface area is 89.8 Å². The van der Waals surface area contributed by atoms with Gasteiger partial charge in [0.05, 0.1) is 6.10 Å². The number of hydrogen-bond donors (Lipinski definition) is 3. The summed E-state index contributed by atoms with van der Waals surface area (Å²) in [4.78, 5) is 0. The lowest BCUT2D eigenvalue weighted by atomic mass is 9.64. The SMILES string of the molecule is CC1(C)C(O)CC1Nc1ccc(O)cc1. The standard InChI is InChI=1S/C12H17NO2/c1-12(2)10(7-11(12)15)13-8-3-5-9(14)6-4-8/h3-6,10-11,13-15H,7H2,1-2H3. The topological polar surface area (TPSA) is 52.5 Å². The van der Waals surface area contributed by atoms with E-state index in [0.29, 0.717) is 6.04 Å². The quantitative estimate of drug-likeness (QED) is 0.650. The van der Waals surface area contributed by atoms with Gasteiger partial charge in [-0.3, -0.25) is 0 Å². The maximum Gasteiger partial charge on any atom is 0.115 e. The predicted octanol–water partition coefficient (Wildman–Crippen LogP) is 1.96. The van der Waals surface area contributed by atoms with Crippen LogP contribution >= 0.6 is 0 Å². The minimum atomic E-state index is -0.216. The predicted molar refractivity (Wildman–Crippen MR) is 59.9 cm³/mol. The van der Waals surface area contributed by atoms with Gasteiger partial charge in [-0.05, 0) is 30.7 Å². The van der Waals surface area contributed by atoms with E-state index in [4.69, 9.17) is 5.11 Å². The minimum absolute atomic E-state index is 0.0715. The van der Waals surface area contributed by atoms with Crippen molar-refractivity contribution in [3.8, 4) is 5.75 Å². The second-order valence-electron chi connectivity index (χ2n) is 4.82. The Morgan fingerprint density at radius 1 is 1.27 bits per heavy atom. The number of phenolic OH excluding ortho intramolecular Hbond substituents is 1. The third-order valence-electron chi connectivity index (χ3n) is 3.42. The van der Waals surface area contributed by atoms with Gasteiger partial charge in [0.15, 0.2) is 0 Å². The fraction of sp³-hybridized carbons (Fsp3) is 0.500. The smallest absolute Gasteiger partial charge is 0.115 e. The van der Waals surface area contributed by atoms with Crippen LogP contribution in [0.3, 0.4) is 0 Å². The number of anilines is 1. The summed E-state index contributed by atoms with van der Waals surface area (Å²) >= 11 is 0. The van der Waals surface area contributed by atoms with E-state index in [2.05, 4.69) is 19.2 Å². The lowest BCUT2D eigenvalue weighted by Crippen LogP contribution is -2.56. The number of aromatic hydroxyl groups is 1. The summed E-state index contributed by atoms with van der Waals surface area (Å²) < 4.78 is 0. The van der Waals surface area contributed by atoms with E-state index >= 15 is 0 Å². The van der Waals surface area contributed by atoms with Crippen LogP contribution in [0.1, 0.15) is 20.3 Å². The first kappa shape index (κ1) is 10.3. The molecule has 0 amide bonds. The molecule has 2 rings (SSSR count). The van der Waals surface area contributed by atoms with Crippen molar-refractivity contribution < 1.29 is 10.2 Å². The van der Waals surface area contributed by atoms with Gasteiger partial charge in [0, 0.05) is 17.1 Å². The molecule has 0 bridgehead atoms. The van der Waals surface area contributed by atoms with Crippen molar-refractivity contribution in [3.05, 3.63) is 24.3 Å². The van der Waals surface area contributed by atoms with Crippen LogP contribution in [-0.2, 0) is 0 Å². The normalized spacial score (nSPS) is 28.2. The Morgan fingerprint density at radius 3 is 2.33 bits per heavy atom. The molecule has 1 fully saturated rings. The fourth-order valence-corrected chi connectivity index (χ4v) is 1.91. The van der Waals surface area contributed by atoms with E-state index in [1.807, 2.05) is 12.1 Å². The molecule has 0 aromatic heterocycles. The average Bonchev–Trinajstić information content (AvgIpc) is 2.21. The molecule has 1 aliphatic rings. The van der Waals surface area contributed by atoms with Crippen molar-refractivity contribution in [1.29, 1.82) is 0 Å². The summed E-state index contributed by atoms with van der Waals surface area (Å²) in [5.41, 5.74) is 0.913. The fourth-order valence-electron chi connectivity index (χ4n) is 1.91. The van der Waals surface area contributed by atoms with E-state index in [1.54, 1.807) is 12.1 Å². The number of aliphatic hydroxyl groups excluding tert-OH is 1. The van der Waals surface area contributed by atoms with Crippen LogP contribution in [0.2, 0.25) is 0 Å². The van der Waals surface area contributed by atoms with E-state index in [-0.39, 0.29) is 17.3 Å². The Bertz CT molecular complexity index is 345. The molecule has 15 heavy (non-hydrogen) atoms. The van der Waals surface area contributed by atoms with Gasteiger partial charge in [0.25, 0.3) is 0 Å². The van der Waals surface area contributed by atoms with Crippen molar-refractivity contribution in [2.75, 3.05) is 5.32 Å². The minimum Gasteiger partial charge on any atom is -0.508 e. The van der Waals surface area contributed by atoms with Gasteiger partial charge in [-0.15, -0.1) is 0 Å². The third kappa shape index (κ3) is 1.79. The zero-order valence-corrected chi connectivity index (χ0v) is 9.07. The van der Waals surface area contributed by atoms with E-state index in [1.165, 1.54) is 0 Å². The molecule has 2 atom stereocenters. The van der Waals surface area contributed by atoms with Crippen molar-refractivity contribution >= 4 is 5.69 Å². The molecule has 0 saturated heterocycles. The monoisotopic (exact) mass is 207 g/mol. The molecule has 0 heterocycles. The van der Waals surface area contributed by atoms with E-state index < -0.39 is 0 Å². The van der Waals surface area contributed by atoms with Crippen LogP contribution < -0.4 is 5.32 Å². The summed E-state index contributed by atoms with van der Waals surface area (Å²) in [5.74, 6) is 0.272. The molecule has 2 unspecified atom stereocenters. The molecular formula is C12H17NO2. The van der Waals surface area contributed by atoms with Gasteiger partial charge in [0.2, 0.25) is 0 Å². The highest BCUT2D eigenvalue weighted by Gasteiger charge is 2.47. The van der Waals surface area contributed by atoms with Gasteiger partial charge in [-0.2, -0.15) is 0 Å². The second-order valence-corrected chi connectivity index (χ2v) is 4.82. The molecule has 1 aliphatic carbocycles. The van der Waals surface area contributed by atoms with Crippen LogP contribution in [0, 0.1) is 5.41 Å². The van der Waals surface area contributed by atoms with Crippen LogP contribution in [0.25, 0.3) is 0 Å². The highest BCUT2D eigenvalue weighted by molar-refractivity contribution is 5.47. The summed E-state index contributed by atoms with van der Waals surface area (Å²) in [6.07, 6.45) is 0.570. The zero-order chi connectivity index (χ0) is 11.1. The molecule has 1 saturated carbocycles. The average molecular weight is 207 g/mol. The number of hydrogen-bond acceptors (Lipinski definition) is 3. The number of phenols is 1. The summed E-state index contributed by atoms with van der Waals surface area (Å²) in [5, 5.41) is 22.1. The number of rotatable bonds is 2.